The Morgan fingerprint density at radius 1 is 1.21 bits per heavy atom. The van der Waals surface area contributed by atoms with Crippen LogP contribution in [0.5, 0.6) is 0 Å². The van der Waals surface area contributed by atoms with E-state index in [2.05, 4.69) is 71.7 Å². The Labute approximate surface area is 119 Å². The molecule has 1 aromatic carbocycles. The maximum Gasteiger partial charge on any atom is 0.0473 e. The van der Waals surface area contributed by atoms with Crippen molar-refractivity contribution >= 4 is 0 Å². The van der Waals surface area contributed by atoms with E-state index in [0.717, 1.165) is 0 Å². The van der Waals surface area contributed by atoms with Crippen molar-refractivity contribution in [1.29, 1.82) is 0 Å². The van der Waals surface area contributed by atoms with Gasteiger partial charge in [-0.05, 0) is 44.4 Å². The summed E-state index contributed by atoms with van der Waals surface area (Å²) >= 11 is 0. The summed E-state index contributed by atoms with van der Waals surface area (Å²) in [5.74, 6) is 0. The van der Waals surface area contributed by atoms with Gasteiger partial charge in [0.25, 0.3) is 0 Å². The zero-order valence-corrected chi connectivity index (χ0v) is 13.6. The van der Waals surface area contributed by atoms with Crippen molar-refractivity contribution in [1.82, 2.24) is 4.90 Å². The third-order valence-electron chi connectivity index (χ3n) is 4.37. The summed E-state index contributed by atoms with van der Waals surface area (Å²) in [5.41, 5.74) is 10.3. The van der Waals surface area contributed by atoms with Crippen LogP contribution in [0.3, 0.4) is 0 Å². The Bertz CT molecular complexity index is 418. The van der Waals surface area contributed by atoms with Gasteiger partial charge in [-0.2, -0.15) is 0 Å². The predicted molar refractivity (Wildman–Crippen MR) is 84.4 cm³/mol. The molecule has 0 bridgehead atoms. The zero-order valence-electron chi connectivity index (χ0n) is 13.6. The first-order valence-electron chi connectivity index (χ1n) is 7.17. The topological polar surface area (TPSA) is 29.3 Å². The molecular weight excluding hydrogens is 232 g/mol. The van der Waals surface area contributed by atoms with Crippen LogP contribution in [0.25, 0.3) is 0 Å². The molecule has 0 heterocycles. The number of nitrogens with zero attached hydrogens (tertiary/aromatic N) is 1. The van der Waals surface area contributed by atoms with Crippen LogP contribution in [0, 0.1) is 19.3 Å². The van der Waals surface area contributed by atoms with E-state index in [1.807, 2.05) is 0 Å². The summed E-state index contributed by atoms with van der Waals surface area (Å²) < 4.78 is 0. The van der Waals surface area contributed by atoms with Crippen LogP contribution in [-0.4, -0.2) is 24.5 Å². The average molecular weight is 262 g/mol. The number of hydrogen-bond acceptors (Lipinski definition) is 2. The molecule has 0 aliphatic carbocycles. The van der Waals surface area contributed by atoms with Crippen molar-refractivity contribution in [2.45, 2.75) is 53.6 Å². The average Bonchev–Trinajstić information content (AvgIpc) is 2.32. The van der Waals surface area contributed by atoms with Crippen molar-refractivity contribution in [2.75, 3.05) is 13.6 Å². The van der Waals surface area contributed by atoms with E-state index < -0.39 is 0 Å². The highest BCUT2D eigenvalue weighted by molar-refractivity contribution is 5.33. The van der Waals surface area contributed by atoms with Crippen molar-refractivity contribution in [3.8, 4) is 0 Å². The van der Waals surface area contributed by atoms with Gasteiger partial charge in [-0.3, -0.25) is 4.90 Å². The molecule has 1 rings (SSSR count). The fourth-order valence-corrected chi connectivity index (χ4v) is 2.51. The van der Waals surface area contributed by atoms with Gasteiger partial charge in [-0.1, -0.05) is 44.5 Å². The van der Waals surface area contributed by atoms with Gasteiger partial charge in [0, 0.05) is 18.6 Å². The van der Waals surface area contributed by atoms with Crippen LogP contribution in [-0.2, 0) is 0 Å². The molecule has 2 unspecified atom stereocenters. The highest BCUT2D eigenvalue weighted by Gasteiger charge is 2.29. The molecule has 0 aliphatic rings. The maximum atomic E-state index is 6.06. The lowest BCUT2D eigenvalue weighted by atomic mass is 9.85. The van der Waals surface area contributed by atoms with Gasteiger partial charge in [0.1, 0.15) is 0 Å². The summed E-state index contributed by atoms with van der Waals surface area (Å²) in [7, 11) is 2.19. The van der Waals surface area contributed by atoms with Gasteiger partial charge in [0.2, 0.25) is 0 Å². The van der Waals surface area contributed by atoms with E-state index in [4.69, 9.17) is 5.73 Å². The fraction of sp³-hybridized carbons (Fsp3) is 0.647. The molecule has 1 aromatic rings. The number of hydrogen-bond donors (Lipinski definition) is 1. The first-order chi connectivity index (χ1) is 8.68. The highest BCUT2D eigenvalue weighted by Crippen LogP contribution is 2.31. The molecule has 2 nitrogen and oxygen atoms in total. The largest absolute Gasteiger partial charge is 0.329 e. The monoisotopic (exact) mass is 262 g/mol. The van der Waals surface area contributed by atoms with Crippen LogP contribution >= 0.6 is 0 Å². The molecule has 108 valence electrons. The summed E-state index contributed by atoms with van der Waals surface area (Å²) in [6.45, 7) is 14.1. The molecule has 0 amide bonds. The number of benzene rings is 1. The van der Waals surface area contributed by atoms with E-state index in [1.54, 1.807) is 0 Å². The highest BCUT2D eigenvalue weighted by atomic mass is 15.2. The molecule has 0 saturated heterocycles. The van der Waals surface area contributed by atoms with Crippen molar-refractivity contribution in [2.24, 2.45) is 11.1 Å². The Morgan fingerprint density at radius 3 is 2.26 bits per heavy atom. The summed E-state index contributed by atoms with van der Waals surface area (Å²) in [4.78, 5) is 2.42. The van der Waals surface area contributed by atoms with Crippen LogP contribution in [0.15, 0.2) is 18.2 Å². The number of likely N-dealkylation sites (N-methyl/N-ethyl adjacent to an activating group) is 1. The number of nitrogens with two attached hydrogens (primary N) is 1. The van der Waals surface area contributed by atoms with E-state index >= 15 is 0 Å². The SMILES string of the molecule is Cc1ccc(C)c(C(CN)N(C)C(C)C(C)(C)C)c1. The van der Waals surface area contributed by atoms with E-state index in [9.17, 15) is 0 Å². The first kappa shape index (κ1) is 16.2. The molecule has 0 saturated carbocycles. The van der Waals surface area contributed by atoms with Gasteiger partial charge >= 0.3 is 0 Å². The minimum absolute atomic E-state index is 0.250. The minimum Gasteiger partial charge on any atom is -0.329 e. The van der Waals surface area contributed by atoms with Gasteiger partial charge in [0.15, 0.2) is 0 Å². The summed E-state index contributed by atoms with van der Waals surface area (Å²) in [6, 6.07) is 7.40. The molecular formula is C17H30N2. The molecule has 0 aliphatic heterocycles. The molecule has 0 aromatic heterocycles. The molecule has 0 fully saturated rings. The lowest BCUT2D eigenvalue weighted by molar-refractivity contribution is 0.0998. The molecule has 2 heteroatoms. The molecule has 0 radical (unpaired) electrons. The van der Waals surface area contributed by atoms with Gasteiger partial charge in [0.05, 0.1) is 0 Å². The quantitative estimate of drug-likeness (QED) is 0.897. The van der Waals surface area contributed by atoms with Gasteiger partial charge < -0.3 is 5.73 Å². The Morgan fingerprint density at radius 2 is 1.79 bits per heavy atom. The standard InChI is InChI=1S/C17H30N2/c1-12-8-9-13(2)15(10-12)16(11-18)19(7)14(3)17(4,5)6/h8-10,14,16H,11,18H2,1-7H3. The van der Waals surface area contributed by atoms with Crippen LogP contribution in [0.1, 0.15) is 50.4 Å². The van der Waals surface area contributed by atoms with E-state index in [0.29, 0.717) is 12.6 Å². The summed E-state index contributed by atoms with van der Waals surface area (Å²) in [5, 5.41) is 0. The van der Waals surface area contributed by atoms with E-state index in [-0.39, 0.29) is 11.5 Å². The van der Waals surface area contributed by atoms with Crippen molar-refractivity contribution in [3.63, 3.8) is 0 Å². The van der Waals surface area contributed by atoms with Crippen molar-refractivity contribution in [3.05, 3.63) is 34.9 Å². The Balaban J connectivity index is 3.10. The first-order valence-corrected chi connectivity index (χ1v) is 7.17. The normalized spacial score (nSPS) is 15.6. The lowest BCUT2D eigenvalue weighted by Gasteiger charge is -2.40. The second-order valence-electron chi connectivity index (χ2n) is 6.82. The third-order valence-corrected chi connectivity index (χ3v) is 4.37. The Kier molecular flexibility index (Phi) is 5.17. The van der Waals surface area contributed by atoms with Crippen molar-refractivity contribution < 1.29 is 0 Å². The lowest BCUT2D eigenvalue weighted by Crippen LogP contribution is -2.44. The number of aryl methyl sites for hydroxylation is 2. The van der Waals surface area contributed by atoms with Crippen LogP contribution in [0.2, 0.25) is 0 Å². The maximum absolute atomic E-state index is 6.06. The minimum atomic E-state index is 0.250. The molecule has 0 spiro atoms. The van der Waals surface area contributed by atoms with Gasteiger partial charge in [-0.25, -0.2) is 0 Å². The summed E-state index contributed by atoms with van der Waals surface area (Å²) in [6.07, 6.45) is 0. The molecule has 2 atom stereocenters. The second-order valence-corrected chi connectivity index (χ2v) is 6.82. The van der Waals surface area contributed by atoms with Gasteiger partial charge in [-0.15, -0.1) is 0 Å². The Hall–Kier alpha value is -0.860. The van der Waals surface area contributed by atoms with Crippen LogP contribution < -0.4 is 5.73 Å². The van der Waals surface area contributed by atoms with Crippen LogP contribution in [0.4, 0.5) is 0 Å². The fourth-order valence-electron chi connectivity index (χ4n) is 2.51. The molecule has 19 heavy (non-hydrogen) atoms. The number of rotatable bonds is 4. The molecule has 2 N–H and O–H groups in total. The predicted octanol–water partition coefficient (Wildman–Crippen LogP) is 3.67. The third kappa shape index (κ3) is 3.80. The smallest absolute Gasteiger partial charge is 0.0473 e. The zero-order chi connectivity index (χ0) is 14.8. The van der Waals surface area contributed by atoms with E-state index in [1.165, 1.54) is 16.7 Å². The second kappa shape index (κ2) is 6.06.